The number of rotatable bonds is 15. The summed E-state index contributed by atoms with van der Waals surface area (Å²) in [4.78, 5) is 58.1. The Labute approximate surface area is 338 Å². The van der Waals surface area contributed by atoms with E-state index in [1.165, 1.54) is 37.7 Å². The number of carbonyl (C=O) groups excluding carboxylic acids is 4. The molecule has 1 aliphatic carbocycles. The SMILES string of the molecule is CC.CC/C(C)=C/C=C/C=C/CCC(C)C(=O)CO.CC1CCCO[C@@]1(O)C(=O)C(=O)N1CCCC[C@H]1C(=O)O.CCCC/C=C(\C)C=O.OC1CCCCC1. The van der Waals surface area contributed by atoms with Crippen molar-refractivity contribution in [2.75, 3.05) is 19.8 Å². The number of likely N-dealkylation sites (tertiary alicyclic amines) is 1. The number of carboxylic acid groups (broad SMARTS) is 1. The molecule has 2 heterocycles. The Morgan fingerprint density at radius 2 is 1.55 bits per heavy atom. The lowest BCUT2D eigenvalue weighted by Crippen LogP contribution is -2.59. The number of piperidine rings is 1. The van der Waals surface area contributed by atoms with E-state index in [1.54, 1.807) is 6.92 Å². The van der Waals surface area contributed by atoms with Gasteiger partial charge in [0.2, 0.25) is 5.79 Å². The number of unbranched alkanes of at least 4 members (excludes halogenated alkanes) is 2. The Morgan fingerprint density at radius 1 is 0.911 bits per heavy atom. The fourth-order valence-electron chi connectivity index (χ4n) is 5.86. The van der Waals surface area contributed by atoms with Gasteiger partial charge in [0.15, 0.2) is 5.78 Å². The second-order valence-electron chi connectivity index (χ2n) is 14.5. The summed E-state index contributed by atoms with van der Waals surface area (Å²) in [6.07, 6.45) is 28.1. The minimum Gasteiger partial charge on any atom is -0.480 e. The van der Waals surface area contributed by atoms with E-state index in [4.69, 9.17) is 20.1 Å². The van der Waals surface area contributed by atoms with Crippen LogP contribution in [0, 0.1) is 11.8 Å². The maximum atomic E-state index is 12.3. The van der Waals surface area contributed by atoms with Crippen molar-refractivity contribution in [3.63, 3.8) is 0 Å². The molecular formula is C45H77NO10. The van der Waals surface area contributed by atoms with Crippen LogP contribution in [-0.2, 0) is 28.7 Å². The number of allylic oxidation sites excluding steroid dienone is 8. The van der Waals surface area contributed by atoms with E-state index in [-0.39, 0.29) is 37.6 Å². The molecule has 3 aliphatic rings. The van der Waals surface area contributed by atoms with Crippen LogP contribution in [0.5, 0.6) is 0 Å². The number of ketones is 2. The second kappa shape index (κ2) is 33.8. The molecule has 4 N–H and O–H groups in total. The summed E-state index contributed by atoms with van der Waals surface area (Å²) in [7, 11) is 0. The monoisotopic (exact) mass is 792 g/mol. The Balaban J connectivity index is 0. The third kappa shape index (κ3) is 23.7. The number of aldehydes is 1. The summed E-state index contributed by atoms with van der Waals surface area (Å²) in [6, 6.07) is -1.00. The standard InChI is InChI=1S/C15H24O2.C14H21NO6.C8H14O.C6H12O.C2H6/c1-4-13(2)10-8-6-5-7-9-11-14(3)15(17)12-16;1-9-5-4-8-21-14(9,20)11(16)12(17)15-7-3-2-6-10(15)13(18)19;1-3-4-5-6-8(2)7-9;7-6-4-2-1-3-5-6;1-2/h5-8,10,14,16H,4,9,11-12H2,1-3H3;9-10,20H,2-8H2,1H3,(H,18,19);6-7H,3-5H2,1-2H3;6-7H,1-5H2;1-2H3/b7-5+,8-6+,13-10+;;8-6+;;/t;9?,10-,14+;;;/m.0.../s1. The molecule has 1 saturated carbocycles. The molecule has 0 aromatic heterocycles. The van der Waals surface area contributed by atoms with Crippen LogP contribution in [0.2, 0.25) is 0 Å². The molecule has 0 radical (unpaired) electrons. The summed E-state index contributed by atoms with van der Waals surface area (Å²) in [5, 5.41) is 37.1. The number of Topliss-reactive ketones (excluding diaryl/α,β-unsaturated/α-hetero) is 2. The molecule has 3 rings (SSSR count). The molecule has 0 spiro atoms. The second-order valence-corrected chi connectivity index (χ2v) is 14.5. The number of hydrogen-bond donors (Lipinski definition) is 4. The molecule has 4 atom stereocenters. The van der Waals surface area contributed by atoms with E-state index in [0.29, 0.717) is 32.1 Å². The normalized spacial score (nSPS) is 22.2. The first kappa shape index (κ1) is 54.8. The van der Waals surface area contributed by atoms with Crippen LogP contribution in [0.4, 0.5) is 0 Å². The number of hydrogen-bond acceptors (Lipinski definition) is 9. The number of aliphatic hydroxyl groups is 3. The third-order valence-corrected chi connectivity index (χ3v) is 9.89. The molecule has 2 saturated heterocycles. The molecular weight excluding hydrogens is 714 g/mol. The van der Waals surface area contributed by atoms with Crippen molar-refractivity contribution in [1.29, 1.82) is 0 Å². The highest BCUT2D eigenvalue weighted by Crippen LogP contribution is 2.31. The molecule has 2 aliphatic heterocycles. The number of carboxylic acids is 1. The molecule has 0 bridgehead atoms. The van der Waals surface area contributed by atoms with E-state index in [9.17, 15) is 29.1 Å². The zero-order valence-corrected chi connectivity index (χ0v) is 36.0. The van der Waals surface area contributed by atoms with Gasteiger partial charge in [-0.1, -0.05) is 116 Å². The third-order valence-electron chi connectivity index (χ3n) is 9.89. The summed E-state index contributed by atoms with van der Waals surface area (Å²) in [5.41, 5.74) is 2.21. The average molecular weight is 792 g/mol. The van der Waals surface area contributed by atoms with E-state index in [1.807, 2.05) is 58.1 Å². The fraction of sp³-hybridized carbons (Fsp3) is 0.711. The molecule has 2 unspecified atom stereocenters. The van der Waals surface area contributed by atoms with Crippen molar-refractivity contribution in [2.45, 2.75) is 176 Å². The number of amides is 1. The highest BCUT2D eigenvalue weighted by molar-refractivity contribution is 6.39. The maximum absolute atomic E-state index is 12.3. The zero-order chi connectivity index (χ0) is 42.9. The van der Waals surface area contributed by atoms with Gasteiger partial charge in [-0.2, -0.15) is 0 Å². The number of ether oxygens (including phenoxy) is 1. The van der Waals surface area contributed by atoms with Gasteiger partial charge in [0.1, 0.15) is 18.9 Å². The first-order valence-corrected chi connectivity index (χ1v) is 21.1. The summed E-state index contributed by atoms with van der Waals surface area (Å²) in [5.74, 6) is -5.88. The van der Waals surface area contributed by atoms with Crippen LogP contribution in [0.15, 0.2) is 47.6 Å². The van der Waals surface area contributed by atoms with Gasteiger partial charge < -0.3 is 30.1 Å². The molecule has 3 fully saturated rings. The molecule has 1 amide bonds. The number of aliphatic carboxylic acids is 1. The Morgan fingerprint density at radius 3 is 2.07 bits per heavy atom. The smallest absolute Gasteiger partial charge is 0.326 e. The van der Waals surface area contributed by atoms with Gasteiger partial charge in [-0.05, 0) is 90.0 Å². The predicted molar refractivity (Wildman–Crippen MR) is 224 cm³/mol. The van der Waals surface area contributed by atoms with Crippen molar-refractivity contribution in [3.05, 3.63) is 47.6 Å². The summed E-state index contributed by atoms with van der Waals surface area (Å²) >= 11 is 0. The zero-order valence-electron chi connectivity index (χ0n) is 36.0. The van der Waals surface area contributed by atoms with E-state index < -0.39 is 35.4 Å². The largest absolute Gasteiger partial charge is 0.480 e. The molecule has 56 heavy (non-hydrogen) atoms. The lowest BCUT2D eigenvalue weighted by molar-refractivity contribution is -0.240. The van der Waals surface area contributed by atoms with Crippen molar-refractivity contribution in [1.82, 2.24) is 4.90 Å². The van der Waals surface area contributed by atoms with E-state index >= 15 is 0 Å². The number of aliphatic hydroxyl groups excluding tert-OH is 2. The van der Waals surface area contributed by atoms with Gasteiger partial charge >= 0.3 is 5.97 Å². The lowest BCUT2D eigenvalue weighted by Gasteiger charge is -2.38. The van der Waals surface area contributed by atoms with Crippen molar-refractivity contribution >= 4 is 29.7 Å². The quantitative estimate of drug-likeness (QED) is 0.0415. The Bertz CT molecular complexity index is 1230. The van der Waals surface area contributed by atoms with Crippen LogP contribution < -0.4 is 0 Å². The van der Waals surface area contributed by atoms with Gasteiger partial charge in [0, 0.05) is 18.4 Å². The average Bonchev–Trinajstić information content (AvgIpc) is 3.22. The first-order chi connectivity index (χ1) is 26.7. The molecule has 0 aromatic carbocycles. The maximum Gasteiger partial charge on any atom is 0.326 e. The molecule has 11 heteroatoms. The van der Waals surface area contributed by atoms with Crippen LogP contribution in [0.1, 0.15) is 158 Å². The summed E-state index contributed by atoms with van der Waals surface area (Å²) in [6.45, 7) is 15.8. The van der Waals surface area contributed by atoms with Crippen molar-refractivity contribution in [3.8, 4) is 0 Å². The highest BCUT2D eigenvalue weighted by atomic mass is 16.6. The fourth-order valence-corrected chi connectivity index (χ4v) is 5.86. The van der Waals surface area contributed by atoms with Gasteiger partial charge in [-0.25, -0.2) is 4.79 Å². The van der Waals surface area contributed by atoms with E-state index in [2.05, 4.69) is 26.8 Å². The minimum atomic E-state index is -2.13. The van der Waals surface area contributed by atoms with Gasteiger partial charge in [0.05, 0.1) is 12.7 Å². The Hall–Kier alpha value is -3.25. The minimum absolute atomic E-state index is 0.0359. The molecule has 11 nitrogen and oxygen atoms in total. The first-order valence-electron chi connectivity index (χ1n) is 21.1. The lowest BCUT2D eigenvalue weighted by atomic mass is 9.88. The van der Waals surface area contributed by atoms with Crippen LogP contribution >= 0.6 is 0 Å². The van der Waals surface area contributed by atoms with Crippen LogP contribution in [0.3, 0.4) is 0 Å². The Kier molecular flexibility index (Phi) is 33.2. The van der Waals surface area contributed by atoms with Crippen LogP contribution in [-0.4, -0.2) is 92.7 Å². The van der Waals surface area contributed by atoms with Gasteiger partial charge in [0.25, 0.3) is 11.7 Å². The topological polar surface area (TPSA) is 179 Å². The van der Waals surface area contributed by atoms with Crippen molar-refractivity contribution in [2.24, 2.45) is 11.8 Å². The predicted octanol–water partition coefficient (Wildman–Crippen LogP) is 8.25. The van der Waals surface area contributed by atoms with Gasteiger partial charge in [-0.15, -0.1) is 0 Å². The number of carbonyl (C=O) groups is 5. The molecule has 0 aromatic rings. The molecule has 322 valence electrons. The number of nitrogens with zero attached hydrogens (tertiary/aromatic N) is 1. The van der Waals surface area contributed by atoms with Gasteiger partial charge in [-0.3, -0.25) is 19.2 Å². The highest BCUT2D eigenvalue weighted by Gasteiger charge is 2.50. The van der Waals surface area contributed by atoms with Crippen LogP contribution in [0.25, 0.3) is 0 Å². The van der Waals surface area contributed by atoms with E-state index in [0.717, 1.165) is 55.3 Å². The summed E-state index contributed by atoms with van der Waals surface area (Å²) < 4.78 is 5.16. The van der Waals surface area contributed by atoms with Crippen molar-refractivity contribution < 1.29 is 49.1 Å².